The first-order chi connectivity index (χ1) is 18.9. The third-order valence-corrected chi connectivity index (χ3v) is 7.61. The number of hydrogen-bond donors (Lipinski definition) is 3. The summed E-state index contributed by atoms with van der Waals surface area (Å²) in [4.78, 5) is 37.6. The normalized spacial score (nSPS) is 14.2. The van der Waals surface area contributed by atoms with Crippen LogP contribution < -0.4 is 11.1 Å². The zero-order chi connectivity index (χ0) is 27.1. The van der Waals surface area contributed by atoms with E-state index in [1.165, 1.54) is 0 Å². The monoisotopic (exact) mass is 518 g/mol. The van der Waals surface area contributed by atoms with E-state index in [0.29, 0.717) is 29.7 Å². The van der Waals surface area contributed by atoms with Gasteiger partial charge in [-0.2, -0.15) is 0 Å². The number of rotatable bonds is 5. The molecule has 1 fully saturated rings. The van der Waals surface area contributed by atoms with E-state index in [9.17, 15) is 9.59 Å². The highest BCUT2D eigenvalue weighted by Gasteiger charge is 2.23. The second-order valence-corrected chi connectivity index (χ2v) is 10.1. The van der Waals surface area contributed by atoms with Gasteiger partial charge in [0.15, 0.2) is 0 Å². The minimum absolute atomic E-state index is 0.0168. The predicted molar refractivity (Wildman–Crippen MR) is 155 cm³/mol. The topological polar surface area (TPSA) is 107 Å². The Labute approximate surface area is 226 Å². The van der Waals surface area contributed by atoms with Crippen LogP contribution in [0.5, 0.6) is 0 Å². The van der Waals surface area contributed by atoms with Gasteiger partial charge in [-0.15, -0.1) is 0 Å². The maximum Gasteiger partial charge on any atom is 0.254 e. The number of benzene rings is 3. The molecule has 4 N–H and O–H groups in total. The molecule has 0 bridgehead atoms. The molecule has 1 aliphatic rings. The van der Waals surface area contributed by atoms with Crippen molar-refractivity contribution in [1.29, 1.82) is 0 Å². The average Bonchev–Trinajstić information content (AvgIpc) is 3.33. The Balaban J connectivity index is 1.47. The van der Waals surface area contributed by atoms with Gasteiger partial charge in [-0.3, -0.25) is 9.59 Å². The highest BCUT2D eigenvalue weighted by molar-refractivity contribution is 6.20. The lowest BCUT2D eigenvalue weighted by Gasteiger charge is -2.32. The van der Waals surface area contributed by atoms with Crippen LogP contribution in [0.3, 0.4) is 0 Å². The van der Waals surface area contributed by atoms with Crippen LogP contribution >= 0.6 is 0 Å². The summed E-state index contributed by atoms with van der Waals surface area (Å²) in [6, 6.07) is 21.3. The van der Waals surface area contributed by atoms with Crippen molar-refractivity contribution in [2.24, 2.45) is 5.73 Å². The second kappa shape index (κ2) is 9.89. The number of carbonyl (C=O) groups is 2. The fourth-order valence-electron chi connectivity index (χ4n) is 5.41. The van der Waals surface area contributed by atoms with Gasteiger partial charge in [0.05, 0.1) is 11.1 Å². The molecule has 2 aromatic heterocycles. The maximum absolute atomic E-state index is 13.3. The Kier molecular flexibility index (Phi) is 6.24. The van der Waals surface area contributed by atoms with E-state index in [2.05, 4.69) is 40.2 Å². The van der Waals surface area contributed by atoms with Crippen LogP contribution in [0, 0.1) is 6.92 Å². The van der Waals surface area contributed by atoms with Gasteiger partial charge in [0, 0.05) is 59.9 Å². The summed E-state index contributed by atoms with van der Waals surface area (Å²) in [5, 5.41) is 5.24. The molecule has 0 aliphatic carbocycles. The van der Waals surface area contributed by atoms with Gasteiger partial charge in [-0.25, -0.2) is 4.98 Å². The third kappa shape index (κ3) is 4.49. The molecule has 6 rings (SSSR count). The molecule has 3 aromatic carbocycles. The average molecular weight is 519 g/mol. The highest BCUT2D eigenvalue weighted by atomic mass is 16.2. The Morgan fingerprint density at radius 2 is 1.77 bits per heavy atom. The van der Waals surface area contributed by atoms with Gasteiger partial charge < -0.3 is 25.8 Å². The molecule has 0 radical (unpaired) electrons. The summed E-state index contributed by atoms with van der Waals surface area (Å²) in [5.74, 6) is 0.272. The second-order valence-electron chi connectivity index (χ2n) is 10.1. The molecule has 1 saturated heterocycles. The molecule has 8 heteroatoms. The van der Waals surface area contributed by atoms with Gasteiger partial charge in [0.25, 0.3) is 11.8 Å². The quantitative estimate of drug-likeness (QED) is 0.306. The van der Waals surface area contributed by atoms with Crippen molar-refractivity contribution in [2.45, 2.75) is 6.92 Å². The van der Waals surface area contributed by atoms with Gasteiger partial charge in [-0.1, -0.05) is 30.3 Å². The summed E-state index contributed by atoms with van der Waals surface area (Å²) in [6.07, 6.45) is 1.75. The number of aromatic nitrogens is 2. The number of hydrogen-bond acceptors (Lipinski definition) is 5. The van der Waals surface area contributed by atoms with Crippen molar-refractivity contribution in [3.05, 3.63) is 89.6 Å². The molecule has 0 unspecified atom stereocenters. The minimum atomic E-state index is -0.505. The Hall–Kier alpha value is -4.69. The Morgan fingerprint density at radius 3 is 2.51 bits per heavy atom. The Bertz CT molecular complexity index is 1720. The number of nitrogens with one attached hydrogen (secondary N) is 2. The number of fused-ring (bicyclic) bond motifs is 3. The van der Waals surface area contributed by atoms with Crippen molar-refractivity contribution < 1.29 is 9.59 Å². The number of amides is 2. The molecule has 2 amide bonds. The van der Waals surface area contributed by atoms with Crippen LogP contribution in [0.2, 0.25) is 0 Å². The predicted octanol–water partition coefficient (Wildman–Crippen LogP) is 4.92. The van der Waals surface area contributed by atoms with E-state index in [0.717, 1.165) is 57.6 Å². The van der Waals surface area contributed by atoms with E-state index in [-0.39, 0.29) is 5.91 Å². The molecule has 0 saturated carbocycles. The first kappa shape index (κ1) is 24.6. The Morgan fingerprint density at radius 1 is 0.949 bits per heavy atom. The van der Waals surface area contributed by atoms with Crippen LogP contribution in [0.1, 0.15) is 26.3 Å². The number of pyridine rings is 1. The van der Waals surface area contributed by atoms with Crippen molar-refractivity contribution in [3.63, 3.8) is 0 Å². The largest absolute Gasteiger partial charge is 0.366 e. The molecule has 196 valence electrons. The zero-order valence-corrected chi connectivity index (χ0v) is 22.0. The van der Waals surface area contributed by atoms with Gasteiger partial charge >= 0.3 is 0 Å². The number of primary amides is 1. The van der Waals surface area contributed by atoms with Gasteiger partial charge in [-0.05, 0) is 67.1 Å². The number of nitrogens with two attached hydrogens (primary N) is 1. The SMILES string of the molecule is Cc1c(Nc2ccccn2)cccc1-c1ccc(C(N)=O)c2[nH]c3cc(C(=O)N4CCN(C)CC4)ccc3c12. The lowest BCUT2D eigenvalue weighted by atomic mass is 9.93. The molecule has 5 aromatic rings. The molecule has 8 nitrogen and oxygen atoms in total. The minimum Gasteiger partial charge on any atom is -0.366 e. The summed E-state index contributed by atoms with van der Waals surface area (Å²) < 4.78 is 0. The molecule has 1 aliphatic heterocycles. The molecular formula is C31H30N6O2. The molecule has 0 atom stereocenters. The standard InChI is InChI=1S/C31H30N6O2/c1-19-21(6-5-7-25(19)34-27-8-3-4-13-33-27)22-11-12-24(30(32)38)29-28(22)23-10-9-20(18-26(23)35-29)31(39)37-16-14-36(2)15-17-37/h3-13,18,35H,14-17H2,1-2H3,(H2,32,38)(H,33,34). The molecule has 0 spiro atoms. The third-order valence-electron chi connectivity index (χ3n) is 7.61. The fourth-order valence-corrected chi connectivity index (χ4v) is 5.41. The van der Waals surface area contributed by atoms with Crippen LogP contribution in [-0.4, -0.2) is 64.8 Å². The number of piperazine rings is 1. The van der Waals surface area contributed by atoms with E-state index in [1.54, 1.807) is 12.3 Å². The number of nitrogens with zero attached hydrogens (tertiary/aromatic N) is 3. The molecule has 39 heavy (non-hydrogen) atoms. The van der Waals surface area contributed by atoms with Crippen molar-refractivity contribution in [3.8, 4) is 11.1 Å². The summed E-state index contributed by atoms with van der Waals surface area (Å²) in [5.41, 5.74) is 12.3. The number of likely N-dealkylation sites (N-methyl/N-ethyl adjacent to an activating group) is 1. The summed E-state index contributed by atoms with van der Waals surface area (Å²) in [7, 11) is 2.07. The number of carbonyl (C=O) groups excluding carboxylic acids is 2. The van der Waals surface area contributed by atoms with Crippen molar-refractivity contribution >= 4 is 45.1 Å². The first-order valence-electron chi connectivity index (χ1n) is 13.0. The van der Waals surface area contributed by atoms with Crippen LogP contribution in [0.4, 0.5) is 11.5 Å². The number of anilines is 2. The van der Waals surface area contributed by atoms with Crippen LogP contribution in [-0.2, 0) is 0 Å². The lowest BCUT2D eigenvalue weighted by molar-refractivity contribution is 0.0664. The maximum atomic E-state index is 13.3. The smallest absolute Gasteiger partial charge is 0.254 e. The number of H-pyrrole nitrogens is 1. The number of aromatic amines is 1. The molecule has 3 heterocycles. The van der Waals surface area contributed by atoms with Crippen LogP contribution in [0.15, 0.2) is 72.9 Å². The fraction of sp³-hybridized carbons (Fsp3) is 0.194. The summed E-state index contributed by atoms with van der Waals surface area (Å²) in [6.45, 7) is 5.20. The molecular weight excluding hydrogens is 488 g/mol. The first-order valence-corrected chi connectivity index (χ1v) is 13.0. The lowest BCUT2D eigenvalue weighted by Crippen LogP contribution is -2.47. The zero-order valence-electron chi connectivity index (χ0n) is 22.0. The van der Waals surface area contributed by atoms with Gasteiger partial charge in [0.2, 0.25) is 0 Å². The highest BCUT2D eigenvalue weighted by Crippen LogP contribution is 2.39. The van der Waals surface area contributed by atoms with E-state index in [4.69, 9.17) is 5.73 Å². The van der Waals surface area contributed by atoms with Crippen molar-refractivity contribution in [1.82, 2.24) is 19.8 Å². The summed E-state index contributed by atoms with van der Waals surface area (Å²) >= 11 is 0. The van der Waals surface area contributed by atoms with Gasteiger partial charge in [0.1, 0.15) is 5.82 Å². The van der Waals surface area contributed by atoms with Crippen molar-refractivity contribution in [2.75, 3.05) is 38.5 Å². The van der Waals surface area contributed by atoms with E-state index >= 15 is 0 Å². The van der Waals surface area contributed by atoms with E-state index in [1.807, 2.05) is 59.5 Å². The van der Waals surface area contributed by atoms with E-state index < -0.39 is 5.91 Å². The van der Waals surface area contributed by atoms with Crippen LogP contribution in [0.25, 0.3) is 32.9 Å².